The minimum absolute atomic E-state index is 0.0267. The summed E-state index contributed by atoms with van der Waals surface area (Å²) in [4.78, 5) is 0. The van der Waals surface area contributed by atoms with Crippen molar-refractivity contribution >= 4 is 12.2 Å². The molecule has 0 aliphatic carbocycles. The van der Waals surface area contributed by atoms with Crippen molar-refractivity contribution in [2.45, 2.75) is 36.1 Å². The van der Waals surface area contributed by atoms with Crippen molar-refractivity contribution in [1.82, 2.24) is 0 Å². The number of aromatic hydroxyl groups is 9. The normalized spacial score (nSPS) is 20.0. The van der Waals surface area contributed by atoms with Crippen LogP contribution in [0.2, 0.25) is 0 Å². The van der Waals surface area contributed by atoms with E-state index in [-0.39, 0.29) is 51.7 Å². The summed E-state index contributed by atoms with van der Waals surface area (Å²) in [5.74, 6) is -1.73. The molecule has 68 heavy (non-hydrogen) atoms. The molecule has 12 nitrogen and oxygen atoms in total. The predicted octanol–water partition coefficient (Wildman–Crippen LogP) is 11.0. The van der Waals surface area contributed by atoms with Crippen molar-refractivity contribution in [1.29, 1.82) is 0 Å². The Labute approximate surface area is 389 Å². The first-order valence-corrected chi connectivity index (χ1v) is 21.8. The number of hydrogen-bond donors (Lipinski definition) is 9. The van der Waals surface area contributed by atoms with Crippen molar-refractivity contribution in [3.63, 3.8) is 0 Å². The van der Waals surface area contributed by atoms with Gasteiger partial charge in [0.15, 0.2) is 0 Å². The molecule has 9 N–H and O–H groups in total. The third-order valence-electron chi connectivity index (χ3n) is 13.0. The van der Waals surface area contributed by atoms with Gasteiger partial charge in [0.2, 0.25) is 0 Å². The molecule has 3 aliphatic heterocycles. The highest BCUT2D eigenvalue weighted by molar-refractivity contribution is 5.76. The Bertz CT molecular complexity index is 3250. The van der Waals surface area contributed by atoms with Crippen molar-refractivity contribution in [3.05, 3.63) is 213 Å². The maximum absolute atomic E-state index is 11.8. The van der Waals surface area contributed by atoms with Crippen LogP contribution in [-0.2, 0) is 0 Å². The van der Waals surface area contributed by atoms with Gasteiger partial charge in [0.25, 0.3) is 0 Å². The van der Waals surface area contributed by atoms with Gasteiger partial charge < -0.3 is 60.2 Å². The third-order valence-corrected chi connectivity index (χ3v) is 13.0. The molecule has 3 heterocycles. The van der Waals surface area contributed by atoms with Gasteiger partial charge in [0.1, 0.15) is 87.3 Å². The van der Waals surface area contributed by atoms with Crippen LogP contribution in [-0.4, -0.2) is 46.0 Å². The molecule has 0 fully saturated rings. The van der Waals surface area contributed by atoms with E-state index in [9.17, 15) is 46.0 Å². The summed E-state index contributed by atoms with van der Waals surface area (Å²) in [5.41, 5.74) is 6.86. The van der Waals surface area contributed by atoms with E-state index in [0.29, 0.717) is 72.9 Å². The van der Waals surface area contributed by atoms with Crippen LogP contribution in [0.25, 0.3) is 12.2 Å². The average Bonchev–Trinajstić information content (AvgIpc) is 4.01. The van der Waals surface area contributed by atoms with Gasteiger partial charge in [-0.05, 0) is 123 Å². The third kappa shape index (κ3) is 7.37. The first-order chi connectivity index (χ1) is 32.8. The number of phenolic OH excluding ortho intramolecular Hbond substituents is 9. The molecule has 0 saturated heterocycles. The number of benzene rings is 8. The highest BCUT2D eigenvalue weighted by atomic mass is 16.5. The first-order valence-electron chi connectivity index (χ1n) is 21.8. The van der Waals surface area contributed by atoms with Crippen molar-refractivity contribution < 1.29 is 60.2 Å². The maximum Gasteiger partial charge on any atom is 0.135 e. The summed E-state index contributed by atoms with van der Waals surface area (Å²) in [6, 6.07) is 40.2. The molecule has 0 bridgehead atoms. The van der Waals surface area contributed by atoms with Crippen LogP contribution in [0.1, 0.15) is 97.3 Å². The van der Waals surface area contributed by atoms with E-state index in [0.717, 1.165) is 5.56 Å². The van der Waals surface area contributed by atoms with E-state index in [1.54, 1.807) is 115 Å². The number of fused-ring (bicyclic) bond motifs is 3. The fraction of sp³-hybridized carbons (Fsp3) is 0.107. The van der Waals surface area contributed by atoms with Crippen LogP contribution in [0.3, 0.4) is 0 Å². The molecule has 11 rings (SSSR count). The molecular weight excluding hydrogens is 865 g/mol. The molecule has 6 atom stereocenters. The minimum atomic E-state index is -0.856. The van der Waals surface area contributed by atoms with E-state index >= 15 is 0 Å². The zero-order valence-electron chi connectivity index (χ0n) is 35.8. The summed E-state index contributed by atoms with van der Waals surface area (Å²) in [6.07, 6.45) is 1.25. The second kappa shape index (κ2) is 16.2. The number of phenols is 9. The number of ether oxygens (including phenoxy) is 3. The molecule has 0 radical (unpaired) electrons. The zero-order valence-corrected chi connectivity index (χ0v) is 35.8. The Hall–Kier alpha value is -8.90. The number of hydrogen-bond acceptors (Lipinski definition) is 12. The van der Waals surface area contributed by atoms with Gasteiger partial charge in [0.05, 0.1) is 17.8 Å². The highest BCUT2D eigenvalue weighted by Gasteiger charge is 2.49. The molecule has 3 aliphatic rings. The fourth-order valence-electron chi connectivity index (χ4n) is 10.2. The van der Waals surface area contributed by atoms with Crippen molar-refractivity contribution in [2.75, 3.05) is 0 Å². The standard InChI is InChI=1S/C56H42O12/c57-34-11-2-28(3-12-34)1-4-32-19-40(63)25-45-48(32)52(55(66-45)30-7-15-36(59)16-8-30)44-24-42(65)27-47-51(44)53(56(68-47)31-9-17-37(60)18-10-31)43-23-41(64)26-46-50(43)49(33-20-38(61)22-39(62)21-33)54(67-46)29-5-13-35(58)14-6-29/h1-27,49,52-65H/b4-1+/t49-,52?,53?,54+,55+,56-/m1/s1. The molecule has 2 unspecified atom stereocenters. The van der Waals surface area contributed by atoms with E-state index in [2.05, 4.69) is 0 Å². The average molecular weight is 907 g/mol. The van der Waals surface area contributed by atoms with E-state index in [1.807, 2.05) is 12.2 Å². The van der Waals surface area contributed by atoms with Crippen molar-refractivity contribution in [3.8, 4) is 69.0 Å². The SMILES string of the molecule is Oc1ccc(/C=C/c2cc(O)cc3c2C(c2cc(O)cc4c2C(c2cc(O)cc5c2[C@@H](c2cc(O)cc(O)c2)[C@H](c2ccc(O)cc2)O5)[C@@H](c2ccc(O)cc2)O4)[C@H](c2ccc(O)cc2)O3)cc1. The second-order valence-corrected chi connectivity index (χ2v) is 17.4. The molecule has 338 valence electrons. The lowest BCUT2D eigenvalue weighted by atomic mass is 9.73. The molecule has 0 amide bonds. The van der Waals surface area contributed by atoms with Gasteiger partial charge in [-0.25, -0.2) is 0 Å². The van der Waals surface area contributed by atoms with Gasteiger partial charge in [0, 0.05) is 41.0 Å². The van der Waals surface area contributed by atoms with Crippen LogP contribution in [0.15, 0.2) is 152 Å². The van der Waals surface area contributed by atoms with Gasteiger partial charge in [-0.2, -0.15) is 0 Å². The molecule has 0 saturated carbocycles. The lowest BCUT2D eigenvalue weighted by molar-refractivity contribution is 0.219. The number of rotatable bonds is 8. The second-order valence-electron chi connectivity index (χ2n) is 17.4. The summed E-state index contributed by atoms with van der Waals surface area (Å²) < 4.78 is 20.6. The van der Waals surface area contributed by atoms with Gasteiger partial charge >= 0.3 is 0 Å². The molecule has 8 aromatic rings. The smallest absolute Gasteiger partial charge is 0.135 e. The molecule has 0 aromatic heterocycles. The zero-order chi connectivity index (χ0) is 47.0. The summed E-state index contributed by atoms with van der Waals surface area (Å²) in [7, 11) is 0. The van der Waals surface area contributed by atoms with E-state index < -0.39 is 36.1 Å². The fourth-order valence-corrected chi connectivity index (χ4v) is 10.2. The van der Waals surface area contributed by atoms with E-state index in [1.165, 1.54) is 36.4 Å². The maximum atomic E-state index is 11.8. The Kier molecular flexibility index (Phi) is 9.96. The quantitative estimate of drug-likeness (QED) is 0.0652. The van der Waals surface area contributed by atoms with Crippen LogP contribution < -0.4 is 14.2 Å². The Morgan fingerprint density at radius 2 is 0.647 bits per heavy atom. The minimum Gasteiger partial charge on any atom is -0.508 e. The van der Waals surface area contributed by atoms with Gasteiger partial charge in [-0.3, -0.25) is 0 Å². The Morgan fingerprint density at radius 1 is 0.294 bits per heavy atom. The van der Waals surface area contributed by atoms with Gasteiger partial charge in [-0.1, -0.05) is 60.7 Å². The first kappa shape index (κ1) is 41.8. The summed E-state index contributed by atoms with van der Waals surface area (Å²) in [5, 5.41) is 97.7. The lowest BCUT2D eigenvalue weighted by Crippen LogP contribution is -2.18. The van der Waals surface area contributed by atoms with Crippen molar-refractivity contribution in [2.24, 2.45) is 0 Å². The predicted molar refractivity (Wildman–Crippen MR) is 251 cm³/mol. The Balaban J connectivity index is 1.18. The van der Waals surface area contributed by atoms with Crippen LogP contribution in [0.4, 0.5) is 0 Å². The highest BCUT2D eigenvalue weighted by Crippen LogP contribution is 2.63. The van der Waals surface area contributed by atoms with Crippen LogP contribution in [0.5, 0.6) is 69.0 Å². The van der Waals surface area contributed by atoms with Crippen LogP contribution >= 0.6 is 0 Å². The monoisotopic (exact) mass is 906 g/mol. The molecular formula is C56H42O12. The van der Waals surface area contributed by atoms with E-state index in [4.69, 9.17) is 14.2 Å². The van der Waals surface area contributed by atoms with Gasteiger partial charge in [-0.15, -0.1) is 0 Å². The topological polar surface area (TPSA) is 210 Å². The summed E-state index contributed by atoms with van der Waals surface area (Å²) in [6.45, 7) is 0. The summed E-state index contributed by atoms with van der Waals surface area (Å²) >= 11 is 0. The molecule has 12 heteroatoms. The lowest BCUT2D eigenvalue weighted by Gasteiger charge is -2.28. The Morgan fingerprint density at radius 3 is 1.10 bits per heavy atom. The molecule has 8 aromatic carbocycles. The van der Waals surface area contributed by atoms with Crippen LogP contribution in [0, 0.1) is 0 Å². The molecule has 0 spiro atoms. The largest absolute Gasteiger partial charge is 0.508 e.